The zero-order valence-corrected chi connectivity index (χ0v) is 16.5. The molecular formula is C17H26N4O3S2. The molecule has 2 heterocycles. The van der Waals surface area contributed by atoms with Crippen molar-refractivity contribution in [2.24, 2.45) is 0 Å². The molecule has 9 heteroatoms. The van der Waals surface area contributed by atoms with Gasteiger partial charge in [-0.05, 0) is 50.2 Å². The number of aromatic amines is 1. The minimum atomic E-state index is -3.97. The monoisotopic (exact) mass is 398 g/mol. The van der Waals surface area contributed by atoms with Gasteiger partial charge in [0, 0.05) is 18.6 Å². The molecule has 0 amide bonds. The molecule has 0 bridgehead atoms. The summed E-state index contributed by atoms with van der Waals surface area (Å²) in [7, 11) is -1.97. The summed E-state index contributed by atoms with van der Waals surface area (Å²) in [6.07, 6.45) is 6.05. The first-order valence-electron chi connectivity index (χ1n) is 9.00. The third kappa shape index (κ3) is 4.72. The number of nitrogens with zero attached hydrogens (tertiary/aromatic N) is 1. The summed E-state index contributed by atoms with van der Waals surface area (Å²) in [5, 5.41) is 3.32. The van der Waals surface area contributed by atoms with Gasteiger partial charge in [-0.15, -0.1) is 0 Å². The SMILES string of the molecule is CN[C@@H]1Cc2cccc3[nH]c(=S)n(c23)C1.O=S(=O)(O)NC1CCCCC1. The van der Waals surface area contributed by atoms with E-state index in [4.69, 9.17) is 16.8 Å². The maximum Gasteiger partial charge on any atom is 0.333 e. The van der Waals surface area contributed by atoms with Crippen molar-refractivity contribution in [2.45, 2.75) is 57.2 Å². The van der Waals surface area contributed by atoms with Gasteiger partial charge >= 0.3 is 10.3 Å². The highest BCUT2D eigenvalue weighted by molar-refractivity contribution is 7.83. The first-order valence-corrected chi connectivity index (χ1v) is 10.8. The van der Waals surface area contributed by atoms with Crippen molar-refractivity contribution in [3.63, 3.8) is 0 Å². The number of rotatable bonds is 3. The van der Waals surface area contributed by atoms with Crippen LogP contribution in [-0.4, -0.2) is 41.7 Å². The zero-order valence-electron chi connectivity index (χ0n) is 14.9. The smallest absolute Gasteiger partial charge is 0.331 e. The molecule has 0 unspecified atom stereocenters. The lowest BCUT2D eigenvalue weighted by Crippen LogP contribution is -2.35. The Bertz CT molecular complexity index is 914. The van der Waals surface area contributed by atoms with Gasteiger partial charge in [-0.25, -0.2) is 0 Å². The minimum Gasteiger partial charge on any atom is -0.331 e. The molecule has 1 aliphatic heterocycles. The number of benzene rings is 1. The van der Waals surface area contributed by atoms with Crippen molar-refractivity contribution in [3.05, 3.63) is 28.5 Å². The fourth-order valence-electron chi connectivity index (χ4n) is 3.81. The minimum absolute atomic E-state index is 0.0428. The highest BCUT2D eigenvalue weighted by Gasteiger charge is 2.20. The molecule has 1 aromatic heterocycles. The molecule has 1 aromatic carbocycles. The van der Waals surface area contributed by atoms with Crippen molar-refractivity contribution in [2.75, 3.05) is 7.05 Å². The van der Waals surface area contributed by atoms with E-state index in [0.29, 0.717) is 6.04 Å². The fraction of sp³-hybridized carbons (Fsp3) is 0.588. The van der Waals surface area contributed by atoms with Gasteiger partial charge in [0.2, 0.25) is 0 Å². The quantitative estimate of drug-likeness (QED) is 0.470. The van der Waals surface area contributed by atoms with E-state index < -0.39 is 10.3 Å². The topological polar surface area (TPSA) is 99.2 Å². The highest BCUT2D eigenvalue weighted by atomic mass is 32.2. The van der Waals surface area contributed by atoms with Crippen LogP contribution in [0.3, 0.4) is 0 Å². The summed E-state index contributed by atoms with van der Waals surface area (Å²) < 4.78 is 34.3. The lowest BCUT2D eigenvalue weighted by atomic mass is 9.96. The molecule has 0 saturated heterocycles. The predicted molar refractivity (Wildman–Crippen MR) is 105 cm³/mol. The zero-order chi connectivity index (χ0) is 18.7. The predicted octanol–water partition coefficient (Wildman–Crippen LogP) is 2.55. The second kappa shape index (κ2) is 8.18. The first-order chi connectivity index (χ1) is 12.4. The van der Waals surface area contributed by atoms with Crippen LogP contribution in [0.5, 0.6) is 0 Å². The van der Waals surface area contributed by atoms with E-state index in [1.807, 2.05) is 7.05 Å². The molecular weight excluding hydrogens is 372 g/mol. The molecule has 4 rings (SSSR count). The molecule has 144 valence electrons. The molecule has 0 spiro atoms. The number of H-pyrrole nitrogens is 1. The Kier molecular flexibility index (Phi) is 6.13. The van der Waals surface area contributed by atoms with E-state index >= 15 is 0 Å². The van der Waals surface area contributed by atoms with Gasteiger partial charge < -0.3 is 14.9 Å². The van der Waals surface area contributed by atoms with Gasteiger partial charge in [0.1, 0.15) is 0 Å². The lowest BCUT2D eigenvalue weighted by Gasteiger charge is -2.23. The molecule has 1 aliphatic carbocycles. The molecule has 26 heavy (non-hydrogen) atoms. The van der Waals surface area contributed by atoms with Crippen LogP contribution in [-0.2, 0) is 23.3 Å². The first kappa shape index (κ1) is 19.5. The fourth-order valence-corrected chi connectivity index (χ4v) is 4.74. The third-order valence-corrected chi connectivity index (χ3v) is 6.03. The summed E-state index contributed by atoms with van der Waals surface area (Å²) >= 11 is 5.33. The van der Waals surface area contributed by atoms with Crippen molar-refractivity contribution < 1.29 is 13.0 Å². The van der Waals surface area contributed by atoms with Gasteiger partial charge in [0.15, 0.2) is 4.77 Å². The largest absolute Gasteiger partial charge is 0.333 e. The van der Waals surface area contributed by atoms with E-state index in [9.17, 15) is 8.42 Å². The summed E-state index contributed by atoms with van der Waals surface area (Å²) in [6, 6.07) is 6.81. The van der Waals surface area contributed by atoms with Crippen molar-refractivity contribution in [3.8, 4) is 0 Å². The molecule has 7 nitrogen and oxygen atoms in total. The Morgan fingerprint density at radius 1 is 1.23 bits per heavy atom. The number of hydrogen-bond donors (Lipinski definition) is 4. The average Bonchev–Trinajstić information content (AvgIpc) is 2.92. The number of hydrogen-bond acceptors (Lipinski definition) is 4. The van der Waals surface area contributed by atoms with Gasteiger partial charge in [-0.3, -0.25) is 4.55 Å². The Balaban J connectivity index is 0.000000160. The van der Waals surface area contributed by atoms with Crippen LogP contribution in [0.2, 0.25) is 0 Å². The maximum atomic E-state index is 10.3. The van der Waals surface area contributed by atoms with E-state index in [-0.39, 0.29) is 6.04 Å². The lowest BCUT2D eigenvalue weighted by molar-refractivity contribution is 0.389. The standard InChI is InChI=1S/C11H13N3S.C6H13NO3S/c1-12-8-5-7-3-2-4-9-10(7)14(6-8)11(15)13-9;8-11(9,10)7-6-4-2-1-3-5-6/h2-4,8,12H,5-6H2,1H3,(H,13,15);6-7H,1-5H2,(H,8,9,10)/t8-;/m1./s1. The number of para-hydroxylation sites is 1. The van der Waals surface area contributed by atoms with E-state index in [2.05, 4.69) is 37.8 Å². The van der Waals surface area contributed by atoms with Crippen molar-refractivity contribution in [1.82, 2.24) is 19.6 Å². The van der Waals surface area contributed by atoms with Crippen LogP contribution in [0.1, 0.15) is 37.7 Å². The van der Waals surface area contributed by atoms with Crippen LogP contribution in [0.25, 0.3) is 11.0 Å². The van der Waals surface area contributed by atoms with E-state index in [1.54, 1.807) is 0 Å². The molecule has 2 aliphatic rings. The Hall–Kier alpha value is -1.26. The third-order valence-electron chi connectivity index (χ3n) is 5.07. The molecule has 1 fully saturated rings. The number of likely N-dealkylation sites (N-methyl/N-ethyl adjacent to an activating group) is 1. The van der Waals surface area contributed by atoms with Crippen LogP contribution in [0.4, 0.5) is 0 Å². The number of imidazole rings is 1. The second-order valence-corrected chi connectivity index (χ2v) is 8.54. The Labute approximate surface area is 159 Å². The molecule has 2 aromatic rings. The normalized spacial score (nSPS) is 20.6. The maximum absolute atomic E-state index is 10.3. The molecule has 1 saturated carbocycles. The Morgan fingerprint density at radius 3 is 2.62 bits per heavy atom. The Morgan fingerprint density at radius 2 is 1.96 bits per heavy atom. The molecule has 0 radical (unpaired) electrons. The van der Waals surface area contributed by atoms with E-state index in [1.165, 1.54) is 17.5 Å². The molecule has 1 atom stereocenters. The van der Waals surface area contributed by atoms with Crippen molar-refractivity contribution >= 4 is 33.6 Å². The summed E-state index contributed by atoms with van der Waals surface area (Å²) in [4.78, 5) is 3.25. The van der Waals surface area contributed by atoms with Gasteiger partial charge in [0.25, 0.3) is 0 Å². The second-order valence-electron chi connectivity index (χ2n) is 6.97. The van der Waals surface area contributed by atoms with E-state index in [0.717, 1.165) is 48.9 Å². The summed E-state index contributed by atoms with van der Waals surface area (Å²) in [5.41, 5.74) is 3.83. The number of aromatic nitrogens is 2. The van der Waals surface area contributed by atoms with Crippen molar-refractivity contribution in [1.29, 1.82) is 0 Å². The summed E-state index contributed by atoms with van der Waals surface area (Å²) in [6.45, 7) is 0.965. The van der Waals surface area contributed by atoms with Crippen LogP contribution < -0.4 is 10.0 Å². The molecule has 4 N–H and O–H groups in total. The van der Waals surface area contributed by atoms with Gasteiger partial charge in [0.05, 0.1) is 11.0 Å². The van der Waals surface area contributed by atoms with Crippen LogP contribution in [0.15, 0.2) is 18.2 Å². The van der Waals surface area contributed by atoms with Gasteiger partial charge in [-0.1, -0.05) is 31.4 Å². The summed E-state index contributed by atoms with van der Waals surface area (Å²) in [5.74, 6) is 0. The van der Waals surface area contributed by atoms with Gasteiger partial charge in [-0.2, -0.15) is 13.1 Å². The van der Waals surface area contributed by atoms with Crippen LogP contribution in [0, 0.1) is 4.77 Å². The number of nitrogens with one attached hydrogen (secondary N) is 3. The van der Waals surface area contributed by atoms with Crippen LogP contribution >= 0.6 is 12.2 Å². The highest BCUT2D eigenvalue weighted by Crippen LogP contribution is 2.24. The average molecular weight is 399 g/mol.